The van der Waals surface area contributed by atoms with Crippen LogP contribution in [0.15, 0.2) is 36.4 Å². The Morgan fingerprint density at radius 3 is 2.82 bits per heavy atom. The second-order valence-electron chi connectivity index (χ2n) is 7.08. The molecule has 1 aliphatic heterocycles. The topological polar surface area (TPSA) is 98.4 Å². The van der Waals surface area contributed by atoms with Crippen molar-refractivity contribution < 1.29 is 19.0 Å². The molecule has 2 aliphatic rings. The van der Waals surface area contributed by atoms with Crippen LogP contribution in [-0.2, 0) is 0 Å². The van der Waals surface area contributed by atoms with E-state index in [0.29, 0.717) is 16.6 Å². The van der Waals surface area contributed by atoms with Crippen LogP contribution in [-0.4, -0.2) is 40.3 Å². The fraction of sp³-hybridized carbons (Fsp3) is 0.350. The van der Waals surface area contributed by atoms with Gasteiger partial charge in [-0.05, 0) is 49.9 Å². The molecule has 144 valence electrons. The first-order valence-corrected chi connectivity index (χ1v) is 9.43. The van der Waals surface area contributed by atoms with Gasteiger partial charge in [-0.15, -0.1) is 0 Å². The molecule has 5 rings (SSSR count). The highest BCUT2D eigenvalue weighted by molar-refractivity contribution is 6.04. The second kappa shape index (κ2) is 7.03. The second-order valence-corrected chi connectivity index (χ2v) is 7.08. The number of benzene rings is 2. The first-order chi connectivity index (χ1) is 13.8. The van der Waals surface area contributed by atoms with Gasteiger partial charge in [-0.25, -0.2) is 0 Å². The summed E-state index contributed by atoms with van der Waals surface area (Å²) < 4.78 is 16.8. The van der Waals surface area contributed by atoms with Crippen molar-refractivity contribution in [3.05, 3.63) is 42.0 Å². The number of H-pyrrole nitrogens is 1. The molecular formula is C20H20N4O4. The fourth-order valence-corrected chi connectivity index (χ4v) is 3.78. The first kappa shape index (κ1) is 16.9. The molecule has 0 bridgehead atoms. The van der Waals surface area contributed by atoms with E-state index in [2.05, 4.69) is 20.7 Å². The Bertz CT molecular complexity index is 1010. The average Bonchev–Trinajstić information content (AvgIpc) is 3.38. The third kappa shape index (κ3) is 3.21. The van der Waals surface area contributed by atoms with Gasteiger partial charge in [-0.3, -0.25) is 4.79 Å². The number of carbonyl (C=O) groups is 1. The molecule has 1 aliphatic carbocycles. The molecule has 2 aromatic carbocycles. The predicted molar refractivity (Wildman–Crippen MR) is 101 cm³/mol. The average molecular weight is 380 g/mol. The van der Waals surface area contributed by atoms with Gasteiger partial charge in [0.1, 0.15) is 16.8 Å². The quantitative estimate of drug-likeness (QED) is 0.722. The van der Waals surface area contributed by atoms with Crippen molar-refractivity contribution in [3.8, 4) is 17.2 Å². The summed E-state index contributed by atoms with van der Waals surface area (Å²) >= 11 is 0. The lowest BCUT2D eigenvalue weighted by Gasteiger charge is -2.29. The van der Waals surface area contributed by atoms with E-state index in [1.807, 2.05) is 30.3 Å². The number of ether oxygens (including phenoxy) is 3. The van der Waals surface area contributed by atoms with Crippen LogP contribution in [0.4, 0.5) is 0 Å². The van der Waals surface area contributed by atoms with Gasteiger partial charge in [0.25, 0.3) is 5.91 Å². The molecule has 0 radical (unpaired) electrons. The van der Waals surface area contributed by atoms with Crippen LogP contribution in [0.3, 0.4) is 0 Å². The van der Waals surface area contributed by atoms with E-state index < -0.39 is 0 Å². The number of rotatable bonds is 4. The van der Waals surface area contributed by atoms with Gasteiger partial charge < -0.3 is 19.5 Å². The van der Waals surface area contributed by atoms with Crippen molar-refractivity contribution in [2.45, 2.75) is 37.8 Å². The predicted octanol–water partition coefficient (Wildman–Crippen LogP) is 2.81. The molecule has 8 nitrogen and oxygen atoms in total. The summed E-state index contributed by atoms with van der Waals surface area (Å²) in [5.74, 6) is 2.15. The van der Waals surface area contributed by atoms with Gasteiger partial charge in [0.2, 0.25) is 6.79 Å². The number of hydrogen-bond donors (Lipinski definition) is 2. The number of para-hydroxylation sites is 1. The molecule has 1 aromatic heterocycles. The monoisotopic (exact) mass is 380 g/mol. The maximum Gasteiger partial charge on any atom is 0.253 e. The summed E-state index contributed by atoms with van der Waals surface area (Å²) in [7, 11) is 0. The van der Waals surface area contributed by atoms with Gasteiger partial charge in [0, 0.05) is 12.1 Å². The number of aromatic amines is 1. The maximum absolute atomic E-state index is 12.7. The number of fused-ring (bicyclic) bond motifs is 2. The van der Waals surface area contributed by atoms with E-state index in [-0.39, 0.29) is 24.8 Å². The third-order valence-electron chi connectivity index (χ3n) is 5.25. The Labute approximate surface area is 161 Å². The Morgan fingerprint density at radius 1 is 1.07 bits per heavy atom. The van der Waals surface area contributed by atoms with Gasteiger partial charge >= 0.3 is 0 Å². The molecule has 2 heterocycles. The number of carbonyl (C=O) groups excluding carboxylic acids is 1. The van der Waals surface area contributed by atoms with Gasteiger partial charge in [0.05, 0.1) is 11.7 Å². The lowest BCUT2D eigenvalue weighted by Crippen LogP contribution is -2.39. The highest BCUT2D eigenvalue weighted by Crippen LogP contribution is 2.36. The van der Waals surface area contributed by atoms with Gasteiger partial charge in [0.15, 0.2) is 11.5 Å². The minimum Gasteiger partial charge on any atom is -0.490 e. The number of nitrogens with zero attached hydrogens (tertiary/aromatic N) is 2. The van der Waals surface area contributed by atoms with Gasteiger partial charge in [-0.2, -0.15) is 15.4 Å². The molecule has 3 aromatic rings. The van der Waals surface area contributed by atoms with Crippen LogP contribution >= 0.6 is 0 Å². The minimum atomic E-state index is -0.111. The zero-order chi connectivity index (χ0) is 18.9. The maximum atomic E-state index is 12.7. The largest absolute Gasteiger partial charge is 0.490 e. The summed E-state index contributed by atoms with van der Waals surface area (Å²) in [5.41, 5.74) is 1.83. The summed E-state index contributed by atoms with van der Waals surface area (Å²) in [6, 6.07) is 11.2. The molecule has 2 N–H and O–H groups in total. The van der Waals surface area contributed by atoms with E-state index in [9.17, 15) is 4.79 Å². The highest BCUT2D eigenvalue weighted by atomic mass is 16.7. The Morgan fingerprint density at radius 2 is 1.93 bits per heavy atom. The van der Waals surface area contributed by atoms with Crippen molar-refractivity contribution in [3.63, 3.8) is 0 Å². The van der Waals surface area contributed by atoms with Crippen molar-refractivity contribution in [1.29, 1.82) is 0 Å². The van der Waals surface area contributed by atoms with E-state index in [1.54, 1.807) is 6.07 Å². The smallest absolute Gasteiger partial charge is 0.253 e. The molecule has 8 heteroatoms. The normalized spacial score (nSPS) is 20.9. The van der Waals surface area contributed by atoms with Crippen molar-refractivity contribution in [2.75, 3.05) is 6.79 Å². The minimum absolute atomic E-state index is 0.111. The molecule has 0 atom stereocenters. The van der Waals surface area contributed by atoms with Crippen LogP contribution in [0.25, 0.3) is 11.0 Å². The molecule has 0 unspecified atom stereocenters. The molecule has 0 saturated heterocycles. The van der Waals surface area contributed by atoms with Crippen LogP contribution in [0.1, 0.15) is 36.0 Å². The Hall–Kier alpha value is -3.29. The number of aromatic nitrogens is 3. The van der Waals surface area contributed by atoms with Crippen molar-refractivity contribution in [2.24, 2.45) is 0 Å². The molecule has 1 amide bonds. The van der Waals surface area contributed by atoms with Crippen LogP contribution in [0.5, 0.6) is 17.2 Å². The first-order valence-electron chi connectivity index (χ1n) is 9.43. The van der Waals surface area contributed by atoms with Crippen LogP contribution < -0.4 is 19.5 Å². The SMILES string of the molecule is O=C(NC1CCC(Oc2ccc3c(c2)OCO3)CC1)c1cccc2n[nH]nc12. The van der Waals surface area contributed by atoms with E-state index >= 15 is 0 Å². The third-order valence-corrected chi connectivity index (χ3v) is 5.25. The molecule has 0 spiro atoms. The van der Waals surface area contributed by atoms with Crippen LogP contribution in [0, 0.1) is 0 Å². The summed E-state index contributed by atoms with van der Waals surface area (Å²) in [4.78, 5) is 12.7. The van der Waals surface area contributed by atoms with Crippen LogP contribution in [0.2, 0.25) is 0 Å². The van der Waals surface area contributed by atoms with Gasteiger partial charge in [-0.1, -0.05) is 6.07 Å². The number of amides is 1. The fourth-order valence-electron chi connectivity index (χ4n) is 3.78. The zero-order valence-corrected chi connectivity index (χ0v) is 15.2. The zero-order valence-electron chi connectivity index (χ0n) is 15.2. The summed E-state index contributed by atoms with van der Waals surface area (Å²) in [6.07, 6.45) is 3.64. The van der Waals surface area contributed by atoms with Crippen molar-refractivity contribution in [1.82, 2.24) is 20.7 Å². The van der Waals surface area contributed by atoms with E-state index in [0.717, 1.165) is 42.9 Å². The molecule has 1 saturated carbocycles. The number of hydrogen-bond acceptors (Lipinski definition) is 6. The molecular weight excluding hydrogens is 360 g/mol. The Balaban J connectivity index is 1.17. The lowest BCUT2D eigenvalue weighted by atomic mass is 9.92. The highest BCUT2D eigenvalue weighted by Gasteiger charge is 2.25. The summed E-state index contributed by atoms with van der Waals surface area (Å²) in [5, 5.41) is 13.8. The summed E-state index contributed by atoms with van der Waals surface area (Å²) in [6.45, 7) is 0.256. The van der Waals surface area contributed by atoms with E-state index in [4.69, 9.17) is 14.2 Å². The standard InChI is InChI=1S/C20H20N4O4/c25-20(15-2-1-3-16-19(15)23-24-22-16)21-12-4-6-13(7-5-12)28-14-8-9-17-18(10-14)27-11-26-17/h1-3,8-10,12-13H,4-7,11H2,(H,21,25)(H,22,23,24). The number of nitrogens with one attached hydrogen (secondary N) is 2. The van der Waals surface area contributed by atoms with Crippen molar-refractivity contribution >= 4 is 16.9 Å². The van der Waals surface area contributed by atoms with E-state index in [1.165, 1.54) is 0 Å². The molecule has 1 fully saturated rings. The Kier molecular flexibility index (Phi) is 4.23. The lowest BCUT2D eigenvalue weighted by molar-refractivity contribution is 0.0895. The molecule has 28 heavy (non-hydrogen) atoms.